The van der Waals surface area contributed by atoms with Crippen LogP contribution in [0.1, 0.15) is 24.0 Å². The summed E-state index contributed by atoms with van der Waals surface area (Å²) in [5.41, 5.74) is 1.28. The SMILES string of the molecule is C[N+]1(C)C2CC(OC(=O)C3(O)c4ccccc4-c4ccccc43)C[C@H]1[C@H]1OC21.[Br-]. The van der Waals surface area contributed by atoms with Gasteiger partial charge in [-0.3, -0.25) is 0 Å². The number of quaternary nitrogens is 1. The molecule has 2 bridgehead atoms. The third-order valence-corrected chi connectivity index (χ3v) is 7.53. The summed E-state index contributed by atoms with van der Waals surface area (Å²) in [7, 11) is 4.50. The Hall–Kier alpha value is -1.73. The predicted molar refractivity (Wildman–Crippen MR) is 102 cm³/mol. The van der Waals surface area contributed by atoms with E-state index in [0.29, 0.717) is 35.4 Å². The van der Waals surface area contributed by atoms with Gasteiger partial charge in [-0.1, -0.05) is 48.5 Å². The van der Waals surface area contributed by atoms with Gasteiger partial charge >= 0.3 is 5.97 Å². The van der Waals surface area contributed by atoms with Crippen molar-refractivity contribution in [3.63, 3.8) is 0 Å². The average Bonchev–Trinajstić information content (AvgIpc) is 3.40. The third-order valence-electron chi connectivity index (χ3n) is 7.53. The molecule has 2 aromatic rings. The van der Waals surface area contributed by atoms with E-state index in [9.17, 15) is 9.90 Å². The van der Waals surface area contributed by atoms with Crippen LogP contribution in [0.5, 0.6) is 0 Å². The first-order chi connectivity index (χ1) is 13.4. The summed E-state index contributed by atoms with van der Waals surface area (Å²) in [6.45, 7) is 0. The highest BCUT2D eigenvalue weighted by atomic mass is 79.9. The number of fused-ring (bicyclic) bond motifs is 8. The first-order valence-electron chi connectivity index (χ1n) is 10.0. The Morgan fingerprint density at radius 1 is 1.00 bits per heavy atom. The Bertz CT molecular complexity index is 940. The molecule has 5 atom stereocenters. The lowest BCUT2D eigenvalue weighted by Crippen LogP contribution is -3.00. The number of carbonyl (C=O) groups excluding carboxylic acids is 1. The largest absolute Gasteiger partial charge is 1.00 e. The number of piperidine rings is 1. The molecule has 3 fully saturated rings. The second-order valence-corrected chi connectivity index (χ2v) is 9.13. The van der Waals surface area contributed by atoms with E-state index in [1.54, 1.807) is 0 Å². The Labute approximate surface area is 180 Å². The number of carbonyl (C=O) groups is 1. The van der Waals surface area contributed by atoms with Crippen molar-refractivity contribution in [2.24, 2.45) is 0 Å². The van der Waals surface area contributed by atoms with Crippen molar-refractivity contribution in [1.29, 1.82) is 0 Å². The summed E-state index contributed by atoms with van der Waals surface area (Å²) in [5, 5.41) is 11.6. The van der Waals surface area contributed by atoms with Crippen LogP contribution in [0.2, 0.25) is 0 Å². The van der Waals surface area contributed by atoms with Crippen LogP contribution >= 0.6 is 0 Å². The lowest BCUT2D eigenvalue weighted by atomic mass is 9.91. The van der Waals surface area contributed by atoms with Crippen molar-refractivity contribution < 1.29 is 40.8 Å². The summed E-state index contributed by atoms with van der Waals surface area (Å²) in [5.74, 6) is -0.559. The fourth-order valence-corrected chi connectivity index (χ4v) is 5.97. The van der Waals surface area contributed by atoms with Crippen molar-refractivity contribution in [2.45, 2.75) is 48.8 Å². The molecule has 6 heteroatoms. The topological polar surface area (TPSA) is 59.1 Å². The minimum Gasteiger partial charge on any atom is -1.00 e. The number of aliphatic hydroxyl groups is 1. The number of hydrogen-bond donors (Lipinski definition) is 1. The number of epoxide rings is 1. The van der Waals surface area contributed by atoms with Gasteiger partial charge in [-0.15, -0.1) is 0 Å². The third kappa shape index (κ3) is 2.40. The van der Waals surface area contributed by atoms with Crippen LogP contribution in [0.15, 0.2) is 48.5 Å². The van der Waals surface area contributed by atoms with Crippen LogP contribution in [0.4, 0.5) is 0 Å². The fraction of sp³-hybridized carbons (Fsp3) is 0.435. The van der Waals surface area contributed by atoms with Gasteiger partial charge < -0.3 is 36.0 Å². The Balaban J connectivity index is 0.00000181. The molecule has 0 saturated carbocycles. The van der Waals surface area contributed by atoms with Crippen molar-refractivity contribution >= 4 is 5.97 Å². The van der Waals surface area contributed by atoms with E-state index < -0.39 is 11.6 Å². The van der Waals surface area contributed by atoms with Crippen molar-refractivity contribution in [3.8, 4) is 11.1 Å². The van der Waals surface area contributed by atoms with Gasteiger partial charge in [0, 0.05) is 24.0 Å². The number of ether oxygens (including phenoxy) is 2. The summed E-state index contributed by atoms with van der Waals surface area (Å²) in [6.07, 6.45) is 2.01. The van der Waals surface area contributed by atoms with Gasteiger partial charge in [0.25, 0.3) is 0 Å². The Morgan fingerprint density at radius 2 is 1.48 bits per heavy atom. The summed E-state index contributed by atoms with van der Waals surface area (Å²) in [4.78, 5) is 13.3. The van der Waals surface area contributed by atoms with Gasteiger partial charge in [0.05, 0.1) is 14.1 Å². The van der Waals surface area contributed by atoms with Crippen molar-refractivity contribution in [3.05, 3.63) is 59.7 Å². The highest BCUT2D eigenvalue weighted by Gasteiger charge is 2.71. The second-order valence-electron chi connectivity index (χ2n) is 9.13. The van der Waals surface area contributed by atoms with E-state index in [1.807, 2.05) is 48.5 Å². The van der Waals surface area contributed by atoms with E-state index in [-0.39, 0.29) is 23.1 Å². The molecular formula is C23H24BrNO4. The Morgan fingerprint density at radius 3 is 2.00 bits per heavy atom. The molecule has 0 aromatic heterocycles. The molecule has 3 aliphatic heterocycles. The number of hydrogen-bond acceptors (Lipinski definition) is 4. The highest BCUT2D eigenvalue weighted by Crippen LogP contribution is 2.53. The van der Waals surface area contributed by atoms with Gasteiger partial charge in [-0.2, -0.15) is 0 Å². The highest BCUT2D eigenvalue weighted by molar-refractivity contribution is 5.96. The number of esters is 1. The molecule has 152 valence electrons. The van der Waals surface area contributed by atoms with E-state index >= 15 is 0 Å². The predicted octanol–water partition coefficient (Wildman–Crippen LogP) is -0.793. The standard InChI is InChI=1S/C23H24NO4.BrH/c1-24(2)18-11-13(12-19(24)21-20(18)28-21)27-22(25)23(26)16-9-5-3-7-14(16)15-8-4-6-10-17(15)23;/h3-10,13,18-21,26H,11-12H2,1-2H3;1H/q+1;/p-1/t13?,18-,19?,20+,21?;/m0./s1. The lowest BCUT2D eigenvalue weighted by molar-refractivity contribution is -0.938. The number of nitrogens with zero attached hydrogens (tertiary/aromatic N) is 1. The molecule has 4 aliphatic rings. The van der Waals surface area contributed by atoms with Gasteiger partial charge in [-0.05, 0) is 11.1 Å². The smallest absolute Gasteiger partial charge is 0.348 e. The van der Waals surface area contributed by atoms with E-state index in [2.05, 4.69) is 14.1 Å². The zero-order valence-corrected chi connectivity index (χ0v) is 18.0. The molecule has 29 heavy (non-hydrogen) atoms. The quantitative estimate of drug-likeness (QED) is 0.364. The van der Waals surface area contributed by atoms with Gasteiger partial charge in [0.2, 0.25) is 5.60 Å². The number of halogens is 1. The van der Waals surface area contributed by atoms with Crippen LogP contribution in [0.25, 0.3) is 11.1 Å². The van der Waals surface area contributed by atoms with Crippen LogP contribution in [0, 0.1) is 0 Å². The van der Waals surface area contributed by atoms with Crippen LogP contribution in [-0.4, -0.2) is 60.0 Å². The molecule has 0 radical (unpaired) electrons. The lowest BCUT2D eigenvalue weighted by Gasteiger charge is -2.45. The minimum absolute atomic E-state index is 0. The number of morpholine rings is 1. The van der Waals surface area contributed by atoms with E-state index in [0.717, 1.165) is 28.5 Å². The normalized spacial score (nSPS) is 33.7. The first-order valence-corrected chi connectivity index (χ1v) is 10.0. The molecule has 2 aromatic carbocycles. The second kappa shape index (κ2) is 6.14. The molecule has 3 saturated heterocycles. The fourth-order valence-electron chi connectivity index (χ4n) is 5.97. The van der Waals surface area contributed by atoms with E-state index in [4.69, 9.17) is 9.47 Å². The van der Waals surface area contributed by atoms with Crippen molar-refractivity contribution in [1.82, 2.24) is 0 Å². The zero-order chi connectivity index (χ0) is 19.3. The summed E-state index contributed by atoms with van der Waals surface area (Å²) in [6, 6.07) is 15.8. The molecule has 1 aliphatic carbocycles. The molecule has 5 nitrogen and oxygen atoms in total. The maximum atomic E-state index is 13.3. The number of likely N-dealkylation sites (N-methyl/N-ethyl adjacent to an activating group) is 1. The molecule has 0 amide bonds. The molecule has 3 heterocycles. The zero-order valence-electron chi connectivity index (χ0n) is 16.4. The summed E-state index contributed by atoms with van der Waals surface area (Å²) < 4.78 is 12.7. The first kappa shape index (κ1) is 19.2. The maximum absolute atomic E-state index is 13.3. The summed E-state index contributed by atoms with van der Waals surface area (Å²) >= 11 is 0. The van der Waals surface area contributed by atoms with Gasteiger partial charge in [0.1, 0.15) is 30.4 Å². The molecular weight excluding hydrogens is 434 g/mol. The number of rotatable bonds is 2. The van der Waals surface area contributed by atoms with Crippen LogP contribution in [-0.2, 0) is 19.9 Å². The van der Waals surface area contributed by atoms with Crippen LogP contribution in [0.3, 0.4) is 0 Å². The van der Waals surface area contributed by atoms with Gasteiger partial charge in [-0.25, -0.2) is 4.79 Å². The van der Waals surface area contributed by atoms with Crippen LogP contribution < -0.4 is 17.0 Å². The number of benzene rings is 2. The molecule has 3 unspecified atom stereocenters. The molecule has 1 N–H and O–H groups in total. The molecule has 6 rings (SSSR count). The average molecular weight is 458 g/mol. The maximum Gasteiger partial charge on any atom is 0.348 e. The van der Waals surface area contributed by atoms with Crippen molar-refractivity contribution in [2.75, 3.05) is 14.1 Å². The molecule has 0 spiro atoms. The monoisotopic (exact) mass is 457 g/mol. The van der Waals surface area contributed by atoms with E-state index in [1.165, 1.54) is 0 Å². The van der Waals surface area contributed by atoms with Gasteiger partial charge in [0.15, 0.2) is 0 Å². The Kier molecular flexibility index (Phi) is 4.07. The minimum atomic E-state index is -1.74.